The number of ether oxygens (including phenoxy) is 2. The maximum absolute atomic E-state index is 13.0. The summed E-state index contributed by atoms with van der Waals surface area (Å²) in [5, 5.41) is 12.3. The summed E-state index contributed by atoms with van der Waals surface area (Å²) in [7, 11) is 1.54. The maximum atomic E-state index is 13.0. The van der Waals surface area contributed by atoms with Crippen LogP contribution in [0.3, 0.4) is 0 Å². The van der Waals surface area contributed by atoms with Crippen molar-refractivity contribution in [2.75, 3.05) is 7.11 Å². The van der Waals surface area contributed by atoms with Crippen molar-refractivity contribution in [3.63, 3.8) is 0 Å². The molecule has 1 unspecified atom stereocenters. The van der Waals surface area contributed by atoms with E-state index in [4.69, 9.17) is 9.47 Å². The summed E-state index contributed by atoms with van der Waals surface area (Å²) in [5.41, 5.74) is 1.69. The van der Waals surface area contributed by atoms with Gasteiger partial charge in [0.1, 0.15) is 18.5 Å². The number of carboxylic acid groups (broad SMARTS) is 1. The summed E-state index contributed by atoms with van der Waals surface area (Å²) in [6.45, 7) is 4.35. The second kappa shape index (κ2) is 9.71. The molecular formula is C20H23BrFNO4. The maximum Gasteiger partial charge on any atom is 0.320 e. The lowest BCUT2D eigenvalue weighted by atomic mass is 10.0. The average molecular weight is 440 g/mol. The van der Waals surface area contributed by atoms with E-state index in [1.165, 1.54) is 12.1 Å². The summed E-state index contributed by atoms with van der Waals surface area (Å²) in [4.78, 5) is 11.3. The van der Waals surface area contributed by atoms with E-state index in [1.807, 2.05) is 13.8 Å². The molecular weight excluding hydrogens is 417 g/mol. The monoisotopic (exact) mass is 439 g/mol. The highest BCUT2D eigenvalue weighted by Gasteiger charge is 2.21. The second-order valence-electron chi connectivity index (χ2n) is 6.45. The number of hydrogen-bond donors (Lipinski definition) is 2. The van der Waals surface area contributed by atoms with Crippen LogP contribution in [0.5, 0.6) is 11.5 Å². The van der Waals surface area contributed by atoms with Crippen LogP contribution in [0.1, 0.15) is 25.0 Å². The van der Waals surface area contributed by atoms with Gasteiger partial charge in [0.2, 0.25) is 0 Å². The standard InChI is InChI=1S/C20H23BrFNO4/c1-12(2)19(20(24)25)23-10-14-8-17(26-3)18(9-16(14)21)27-11-13-4-6-15(22)7-5-13/h4-9,12,19,23H,10-11H2,1-3H3,(H,24,25). The van der Waals surface area contributed by atoms with E-state index in [9.17, 15) is 14.3 Å². The minimum atomic E-state index is -0.882. The number of rotatable bonds is 9. The van der Waals surface area contributed by atoms with Gasteiger partial charge in [-0.25, -0.2) is 4.39 Å². The van der Waals surface area contributed by atoms with E-state index in [-0.39, 0.29) is 18.3 Å². The number of nitrogens with one attached hydrogen (secondary N) is 1. The summed E-state index contributed by atoms with van der Waals surface area (Å²) < 4.78 is 25.0. The van der Waals surface area contributed by atoms with Crippen LogP contribution < -0.4 is 14.8 Å². The second-order valence-corrected chi connectivity index (χ2v) is 7.30. The van der Waals surface area contributed by atoms with Crippen molar-refractivity contribution in [2.45, 2.75) is 33.0 Å². The first kappa shape index (κ1) is 21.2. The molecule has 2 rings (SSSR count). The first-order chi connectivity index (χ1) is 12.8. The van der Waals surface area contributed by atoms with Gasteiger partial charge < -0.3 is 19.9 Å². The lowest BCUT2D eigenvalue weighted by molar-refractivity contribution is -0.140. The van der Waals surface area contributed by atoms with Crippen LogP contribution in [-0.2, 0) is 17.9 Å². The number of benzene rings is 2. The van der Waals surface area contributed by atoms with Gasteiger partial charge in [0, 0.05) is 11.0 Å². The summed E-state index contributed by atoms with van der Waals surface area (Å²) in [6, 6.07) is 9.03. The third kappa shape index (κ3) is 5.94. The number of carboxylic acids is 1. The normalized spacial score (nSPS) is 12.1. The van der Waals surface area contributed by atoms with Gasteiger partial charge in [-0.3, -0.25) is 4.79 Å². The Labute approximate surface area is 166 Å². The fraction of sp³-hybridized carbons (Fsp3) is 0.350. The van der Waals surface area contributed by atoms with E-state index >= 15 is 0 Å². The largest absolute Gasteiger partial charge is 0.493 e. The highest BCUT2D eigenvalue weighted by Crippen LogP contribution is 2.34. The molecule has 0 saturated heterocycles. The first-order valence-corrected chi connectivity index (χ1v) is 9.31. The van der Waals surface area contributed by atoms with Crippen LogP contribution in [0, 0.1) is 11.7 Å². The molecule has 5 nitrogen and oxygen atoms in total. The predicted molar refractivity (Wildman–Crippen MR) is 105 cm³/mol. The van der Waals surface area contributed by atoms with Crippen molar-refractivity contribution in [3.05, 3.63) is 57.8 Å². The van der Waals surface area contributed by atoms with Gasteiger partial charge in [0.15, 0.2) is 11.5 Å². The minimum absolute atomic E-state index is 0.0403. The zero-order valence-electron chi connectivity index (χ0n) is 15.5. The zero-order valence-corrected chi connectivity index (χ0v) is 17.0. The Hall–Kier alpha value is -2.12. The van der Waals surface area contributed by atoms with E-state index in [0.717, 1.165) is 15.6 Å². The lowest BCUT2D eigenvalue weighted by Crippen LogP contribution is -2.40. The molecule has 0 amide bonds. The average Bonchev–Trinajstić information content (AvgIpc) is 2.62. The minimum Gasteiger partial charge on any atom is -0.493 e. The Bertz CT molecular complexity index is 780. The summed E-state index contributed by atoms with van der Waals surface area (Å²) >= 11 is 3.50. The topological polar surface area (TPSA) is 67.8 Å². The van der Waals surface area contributed by atoms with Crippen molar-refractivity contribution in [1.82, 2.24) is 5.32 Å². The fourth-order valence-corrected chi connectivity index (χ4v) is 3.02. The molecule has 2 aromatic carbocycles. The first-order valence-electron chi connectivity index (χ1n) is 8.51. The van der Waals surface area contributed by atoms with Crippen molar-refractivity contribution in [3.8, 4) is 11.5 Å². The molecule has 27 heavy (non-hydrogen) atoms. The zero-order chi connectivity index (χ0) is 20.0. The lowest BCUT2D eigenvalue weighted by Gasteiger charge is -2.19. The van der Waals surface area contributed by atoms with Gasteiger partial charge in [-0.15, -0.1) is 0 Å². The van der Waals surface area contributed by atoms with Gasteiger partial charge in [-0.2, -0.15) is 0 Å². The Kier molecular flexibility index (Phi) is 7.62. The third-order valence-corrected chi connectivity index (χ3v) is 4.82. The molecule has 2 N–H and O–H groups in total. The van der Waals surface area contributed by atoms with Gasteiger partial charge in [-0.1, -0.05) is 41.9 Å². The van der Waals surface area contributed by atoms with Crippen LogP contribution >= 0.6 is 15.9 Å². The molecule has 0 fully saturated rings. The molecule has 0 aromatic heterocycles. The Morgan fingerprint density at radius 1 is 1.22 bits per heavy atom. The van der Waals surface area contributed by atoms with Crippen LogP contribution in [-0.4, -0.2) is 24.2 Å². The smallest absolute Gasteiger partial charge is 0.320 e. The van der Waals surface area contributed by atoms with Gasteiger partial charge in [0.25, 0.3) is 0 Å². The SMILES string of the molecule is COc1cc(CNC(C(=O)O)C(C)C)c(Br)cc1OCc1ccc(F)cc1. The van der Waals surface area contributed by atoms with Crippen molar-refractivity contribution in [1.29, 1.82) is 0 Å². The van der Waals surface area contributed by atoms with Crippen molar-refractivity contribution in [2.24, 2.45) is 5.92 Å². The van der Waals surface area contributed by atoms with Crippen LogP contribution in [0.2, 0.25) is 0 Å². The highest BCUT2D eigenvalue weighted by molar-refractivity contribution is 9.10. The van der Waals surface area contributed by atoms with Crippen molar-refractivity contribution < 1.29 is 23.8 Å². The quantitative estimate of drug-likeness (QED) is 0.606. The molecule has 0 bridgehead atoms. The van der Waals surface area contributed by atoms with Gasteiger partial charge in [-0.05, 0) is 41.3 Å². The summed E-state index contributed by atoms with van der Waals surface area (Å²) in [6.07, 6.45) is 0. The Morgan fingerprint density at radius 2 is 1.89 bits per heavy atom. The van der Waals surface area contributed by atoms with Crippen LogP contribution in [0.15, 0.2) is 40.9 Å². The molecule has 0 saturated carbocycles. The van der Waals surface area contributed by atoms with Crippen LogP contribution in [0.4, 0.5) is 4.39 Å². The molecule has 7 heteroatoms. The molecule has 1 atom stereocenters. The van der Waals surface area contributed by atoms with Crippen molar-refractivity contribution >= 4 is 21.9 Å². The third-order valence-electron chi connectivity index (χ3n) is 4.09. The Balaban J connectivity index is 2.11. The predicted octanol–water partition coefficient (Wildman–Crippen LogP) is 4.37. The number of hydrogen-bond acceptors (Lipinski definition) is 4. The molecule has 0 heterocycles. The number of halogens is 2. The molecule has 0 aliphatic carbocycles. The number of methoxy groups -OCH3 is 1. The molecule has 0 radical (unpaired) electrons. The van der Waals surface area contributed by atoms with E-state index in [0.29, 0.717) is 18.0 Å². The van der Waals surface area contributed by atoms with Crippen LogP contribution in [0.25, 0.3) is 0 Å². The molecule has 146 valence electrons. The number of aliphatic carboxylic acids is 1. The van der Waals surface area contributed by atoms with Gasteiger partial charge in [0.05, 0.1) is 7.11 Å². The van der Waals surface area contributed by atoms with E-state index < -0.39 is 12.0 Å². The molecule has 2 aromatic rings. The van der Waals surface area contributed by atoms with E-state index in [1.54, 1.807) is 31.4 Å². The molecule has 0 aliphatic rings. The van der Waals surface area contributed by atoms with E-state index in [2.05, 4.69) is 21.2 Å². The summed E-state index contributed by atoms with van der Waals surface area (Å²) in [5.74, 6) is -0.143. The number of carbonyl (C=O) groups is 1. The molecule has 0 aliphatic heterocycles. The highest BCUT2D eigenvalue weighted by atomic mass is 79.9. The molecule has 0 spiro atoms. The Morgan fingerprint density at radius 3 is 2.44 bits per heavy atom. The fourth-order valence-electron chi connectivity index (χ4n) is 2.55. The van der Waals surface area contributed by atoms with Gasteiger partial charge >= 0.3 is 5.97 Å².